The number of allylic oxidation sites excluding steroid dienone is 2. The minimum atomic E-state index is -0.131. The van der Waals surface area contributed by atoms with Crippen molar-refractivity contribution in [2.24, 2.45) is 28.7 Å². The highest BCUT2D eigenvalue weighted by atomic mass is 127. The summed E-state index contributed by atoms with van der Waals surface area (Å²) in [5.41, 5.74) is 0. The number of aliphatic imine (C=N–C) groups is 1. The first kappa shape index (κ1) is 22.2. The number of rotatable bonds is 6. The van der Waals surface area contributed by atoms with Gasteiger partial charge in [-0.2, -0.15) is 0 Å². The van der Waals surface area contributed by atoms with Gasteiger partial charge in [-0.3, -0.25) is 14.5 Å². The standard InChI is InChI=1S/C21H29N7O2.HI/c1-2-22-21(24-12-16-26-25-15-5-3-4-9-27(15)16)23-8-10-28-19(29)17-13-6-7-14(11-13)18(17)20(28)30;/h6-7,13-14,17-18H,2-5,8-12H2,1H3,(H2,22,23,24);1H. The molecule has 1 saturated carbocycles. The van der Waals surface area contributed by atoms with Crippen LogP contribution < -0.4 is 10.6 Å². The minimum absolute atomic E-state index is 0. The van der Waals surface area contributed by atoms with Crippen molar-refractivity contribution in [3.63, 3.8) is 0 Å². The van der Waals surface area contributed by atoms with E-state index < -0.39 is 0 Å². The Morgan fingerprint density at radius 2 is 1.87 bits per heavy atom. The molecule has 2 aliphatic carbocycles. The molecule has 2 N–H and O–H groups in total. The molecule has 9 nitrogen and oxygen atoms in total. The highest BCUT2D eigenvalue weighted by Gasteiger charge is 2.58. The lowest BCUT2D eigenvalue weighted by Gasteiger charge is -2.18. The number of imide groups is 1. The smallest absolute Gasteiger partial charge is 0.233 e. The van der Waals surface area contributed by atoms with Gasteiger partial charge < -0.3 is 15.2 Å². The van der Waals surface area contributed by atoms with E-state index in [2.05, 4.69) is 42.5 Å². The molecule has 2 fully saturated rings. The molecule has 2 bridgehead atoms. The minimum Gasteiger partial charge on any atom is -0.357 e. The first-order valence-corrected chi connectivity index (χ1v) is 11.1. The maximum atomic E-state index is 12.8. The average molecular weight is 539 g/mol. The number of fused-ring (bicyclic) bond motifs is 6. The number of hydrogen-bond acceptors (Lipinski definition) is 5. The predicted octanol–water partition coefficient (Wildman–Crippen LogP) is 1.09. The van der Waals surface area contributed by atoms with Gasteiger partial charge in [-0.25, -0.2) is 4.99 Å². The summed E-state index contributed by atoms with van der Waals surface area (Å²) in [6, 6.07) is 0. The van der Waals surface area contributed by atoms with Crippen molar-refractivity contribution in [1.82, 2.24) is 30.3 Å². The SMILES string of the molecule is CCNC(=NCc1nnc2n1CCCC2)NCCN1C(=O)C2C3C=CC(C3)C2C1=O.I. The number of nitrogens with zero attached hydrogens (tertiary/aromatic N) is 5. The van der Waals surface area contributed by atoms with Crippen molar-refractivity contribution < 1.29 is 9.59 Å². The van der Waals surface area contributed by atoms with Gasteiger partial charge in [0.2, 0.25) is 11.8 Å². The molecule has 5 rings (SSSR count). The van der Waals surface area contributed by atoms with Crippen LogP contribution in [0.2, 0.25) is 0 Å². The number of nitrogens with one attached hydrogen (secondary N) is 2. The number of aryl methyl sites for hydroxylation is 1. The zero-order valence-electron chi connectivity index (χ0n) is 17.8. The van der Waals surface area contributed by atoms with E-state index in [0.29, 0.717) is 25.6 Å². The summed E-state index contributed by atoms with van der Waals surface area (Å²) in [4.78, 5) is 31.7. The summed E-state index contributed by atoms with van der Waals surface area (Å²) < 4.78 is 2.17. The molecule has 31 heavy (non-hydrogen) atoms. The van der Waals surface area contributed by atoms with Crippen molar-refractivity contribution in [3.8, 4) is 0 Å². The van der Waals surface area contributed by atoms with Crippen LogP contribution in [-0.2, 0) is 29.1 Å². The third-order valence-corrected chi connectivity index (χ3v) is 6.85. The van der Waals surface area contributed by atoms with Crippen LogP contribution in [0.3, 0.4) is 0 Å². The molecule has 4 atom stereocenters. The molecule has 1 saturated heterocycles. The molecular weight excluding hydrogens is 509 g/mol. The van der Waals surface area contributed by atoms with Crippen molar-refractivity contribution in [2.45, 2.75) is 45.7 Å². The number of amides is 2. The third-order valence-electron chi connectivity index (χ3n) is 6.85. The third kappa shape index (κ3) is 3.98. The maximum Gasteiger partial charge on any atom is 0.233 e. The Morgan fingerprint density at radius 1 is 1.13 bits per heavy atom. The molecule has 10 heteroatoms. The molecule has 3 heterocycles. The zero-order chi connectivity index (χ0) is 20.7. The van der Waals surface area contributed by atoms with Gasteiger partial charge in [0.1, 0.15) is 12.4 Å². The second-order valence-corrected chi connectivity index (χ2v) is 8.59. The normalized spacial score (nSPS) is 28.5. The van der Waals surface area contributed by atoms with E-state index in [1.807, 2.05) is 6.92 Å². The summed E-state index contributed by atoms with van der Waals surface area (Å²) in [6.45, 7) is 4.98. The summed E-state index contributed by atoms with van der Waals surface area (Å²) in [5.74, 6) is 2.83. The van der Waals surface area contributed by atoms with Gasteiger partial charge in [-0.15, -0.1) is 34.2 Å². The second kappa shape index (κ2) is 9.25. The largest absolute Gasteiger partial charge is 0.357 e. The Hall–Kier alpha value is -1.98. The number of halogens is 1. The highest BCUT2D eigenvalue weighted by molar-refractivity contribution is 14.0. The van der Waals surface area contributed by atoms with Gasteiger partial charge in [0.15, 0.2) is 11.8 Å². The van der Waals surface area contributed by atoms with Crippen LogP contribution in [0.4, 0.5) is 0 Å². The van der Waals surface area contributed by atoms with E-state index in [-0.39, 0.29) is 59.5 Å². The first-order valence-electron chi connectivity index (χ1n) is 11.1. The molecule has 2 amide bonds. The monoisotopic (exact) mass is 539 g/mol. The van der Waals surface area contributed by atoms with E-state index in [0.717, 1.165) is 44.0 Å². The molecule has 1 aromatic heterocycles. The Labute approximate surface area is 199 Å². The van der Waals surface area contributed by atoms with Crippen LogP contribution in [0, 0.1) is 23.7 Å². The van der Waals surface area contributed by atoms with Gasteiger partial charge in [0.05, 0.1) is 11.8 Å². The lowest BCUT2D eigenvalue weighted by Crippen LogP contribution is -2.43. The van der Waals surface area contributed by atoms with Crippen molar-refractivity contribution in [3.05, 3.63) is 23.8 Å². The number of likely N-dealkylation sites (tertiary alicyclic amines) is 1. The molecule has 2 aliphatic heterocycles. The fraction of sp³-hybridized carbons (Fsp3) is 0.667. The number of hydrogen-bond donors (Lipinski definition) is 2. The summed E-state index contributed by atoms with van der Waals surface area (Å²) in [7, 11) is 0. The van der Waals surface area contributed by atoms with Crippen LogP contribution >= 0.6 is 24.0 Å². The average Bonchev–Trinajstić information content (AvgIpc) is 3.51. The van der Waals surface area contributed by atoms with Crippen molar-refractivity contribution in [2.75, 3.05) is 19.6 Å². The number of carbonyl (C=O) groups is 2. The Bertz CT molecular complexity index is 882. The molecule has 0 radical (unpaired) electrons. The molecule has 4 unspecified atom stereocenters. The summed E-state index contributed by atoms with van der Waals surface area (Å²) in [6.07, 6.45) is 8.50. The van der Waals surface area contributed by atoms with Gasteiger partial charge in [0, 0.05) is 32.6 Å². The lowest BCUT2D eigenvalue weighted by molar-refractivity contribution is -0.140. The fourth-order valence-electron chi connectivity index (χ4n) is 5.45. The molecule has 0 aromatic carbocycles. The van der Waals surface area contributed by atoms with Gasteiger partial charge >= 0.3 is 0 Å². The van der Waals surface area contributed by atoms with Gasteiger partial charge in [-0.05, 0) is 38.0 Å². The summed E-state index contributed by atoms with van der Waals surface area (Å²) >= 11 is 0. The number of guanidine groups is 1. The van der Waals surface area contributed by atoms with E-state index in [1.165, 1.54) is 11.3 Å². The molecule has 168 valence electrons. The molecule has 0 spiro atoms. The van der Waals surface area contributed by atoms with Crippen LogP contribution in [0.15, 0.2) is 17.1 Å². The number of carbonyl (C=O) groups excluding carboxylic acids is 2. The van der Waals surface area contributed by atoms with E-state index in [4.69, 9.17) is 0 Å². The molecular formula is C21H30IN7O2. The summed E-state index contributed by atoms with van der Waals surface area (Å²) in [5, 5.41) is 15.0. The topological polar surface area (TPSA) is 105 Å². The van der Waals surface area contributed by atoms with E-state index in [9.17, 15) is 9.59 Å². The van der Waals surface area contributed by atoms with Crippen molar-refractivity contribution in [1.29, 1.82) is 0 Å². The van der Waals surface area contributed by atoms with Gasteiger partial charge in [-0.1, -0.05) is 12.2 Å². The first-order chi connectivity index (χ1) is 14.7. The van der Waals surface area contributed by atoms with Crippen LogP contribution in [-0.4, -0.2) is 57.1 Å². The highest BCUT2D eigenvalue weighted by Crippen LogP contribution is 2.52. The fourth-order valence-corrected chi connectivity index (χ4v) is 5.45. The maximum absolute atomic E-state index is 12.8. The second-order valence-electron chi connectivity index (χ2n) is 8.59. The van der Waals surface area contributed by atoms with Crippen molar-refractivity contribution >= 4 is 41.8 Å². The van der Waals surface area contributed by atoms with Crippen LogP contribution in [0.1, 0.15) is 37.8 Å². The predicted molar refractivity (Wildman–Crippen MR) is 126 cm³/mol. The Kier molecular flexibility index (Phi) is 6.63. The lowest BCUT2D eigenvalue weighted by atomic mass is 9.85. The van der Waals surface area contributed by atoms with Crippen LogP contribution in [0.25, 0.3) is 0 Å². The Balaban J connectivity index is 0.00000231. The zero-order valence-corrected chi connectivity index (χ0v) is 20.1. The van der Waals surface area contributed by atoms with E-state index in [1.54, 1.807) is 0 Å². The molecule has 4 aliphatic rings. The molecule has 1 aromatic rings. The van der Waals surface area contributed by atoms with E-state index >= 15 is 0 Å². The number of aromatic nitrogens is 3. The Morgan fingerprint density at radius 3 is 2.58 bits per heavy atom. The van der Waals surface area contributed by atoms with Gasteiger partial charge in [0.25, 0.3) is 0 Å². The van der Waals surface area contributed by atoms with Crippen LogP contribution in [0.5, 0.6) is 0 Å². The quantitative estimate of drug-likeness (QED) is 0.185.